The van der Waals surface area contributed by atoms with Crippen LogP contribution in [0.15, 0.2) is 170 Å². The van der Waals surface area contributed by atoms with Gasteiger partial charge in [0.15, 0.2) is 0 Å². The molecule has 1 aliphatic rings. The summed E-state index contributed by atoms with van der Waals surface area (Å²) >= 11 is 0. The molecule has 1 atom stereocenters. The molecule has 1 aliphatic carbocycles. The molecule has 0 bridgehead atoms. The van der Waals surface area contributed by atoms with Gasteiger partial charge in [-0.15, -0.1) is 0 Å². The van der Waals surface area contributed by atoms with E-state index in [9.17, 15) is 0 Å². The molecule has 9 rings (SSSR count). The summed E-state index contributed by atoms with van der Waals surface area (Å²) in [7, 11) is 0. The molecule has 0 spiro atoms. The van der Waals surface area contributed by atoms with Crippen molar-refractivity contribution in [2.45, 2.75) is 33.6 Å². The summed E-state index contributed by atoms with van der Waals surface area (Å²) in [5.74, 6) is 0.571. The third kappa shape index (κ3) is 5.47. The molecule has 0 amide bonds. The maximum Gasteiger partial charge on any atom is -0.00199 e. The Morgan fingerprint density at radius 1 is 0.596 bits per heavy atom. The zero-order valence-electron chi connectivity index (χ0n) is 30.2. The molecule has 0 heteroatoms. The van der Waals surface area contributed by atoms with E-state index in [1.54, 1.807) is 0 Å². The van der Waals surface area contributed by atoms with Gasteiger partial charge in [-0.25, -0.2) is 0 Å². The topological polar surface area (TPSA) is 0 Å². The third-order valence-electron chi connectivity index (χ3n) is 11.0. The fourth-order valence-electron chi connectivity index (χ4n) is 8.33. The first-order valence-corrected chi connectivity index (χ1v) is 18.8. The molecule has 0 N–H and O–H groups in total. The van der Waals surface area contributed by atoms with Gasteiger partial charge < -0.3 is 0 Å². The Morgan fingerprint density at radius 2 is 1.27 bits per heavy atom. The summed E-state index contributed by atoms with van der Waals surface area (Å²) < 4.78 is 0. The van der Waals surface area contributed by atoms with Gasteiger partial charge in [-0.05, 0) is 142 Å². The second-order valence-electron chi connectivity index (χ2n) is 14.3. The van der Waals surface area contributed by atoms with Gasteiger partial charge in [-0.3, -0.25) is 0 Å². The molecule has 52 heavy (non-hydrogen) atoms. The molecule has 0 saturated carbocycles. The fraction of sp³-hybridized carbons (Fsp3) is 0.115. The molecule has 250 valence electrons. The highest BCUT2D eigenvalue weighted by atomic mass is 14.2. The van der Waals surface area contributed by atoms with Crippen molar-refractivity contribution in [2.75, 3.05) is 0 Å². The molecular weight excluding hydrogens is 625 g/mol. The lowest BCUT2D eigenvalue weighted by molar-refractivity contribution is 0.739. The van der Waals surface area contributed by atoms with Crippen LogP contribution in [0.5, 0.6) is 0 Å². The van der Waals surface area contributed by atoms with E-state index >= 15 is 0 Å². The van der Waals surface area contributed by atoms with Gasteiger partial charge in [0.25, 0.3) is 0 Å². The average Bonchev–Trinajstić information content (AvgIpc) is 3.19. The number of benzene rings is 8. The Kier molecular flexibility index (Phi) is 8.17. The van der Waals surface area contributed by atoms with E-state index in [-0.39, 0.29) is 0 Å². The minimum Gasteiger partial charge on any atom is -0.0842 e. The Bertz CT molecular complexity index is 2800. The van der Waals surface area contributed by atoms with Crippen molar-refractivity contribution in [3.05, 3.63) is 181 Å². The van der Waals surface area contributed by atoms with Gasteiger partial charge in [0.05, 0.1) is 0 Å². The normalized spacial score (nSPS) is 15.1. The highest BCUT2D eigenvalue weighted by molar-refractivity contribution is 6.25. The summed E-state index contributed by atoms with van der Waals surface area (Å²) in [6.07, 6.45) is 15.8. The molecule has 0 aromatic heterocycles. The van der Waals surface area contributed by atoms with Crippen LogP contribution < -0.4 is 0 Å². The zero-order chi connectivity index (χ0) is 35.2. The Labute approximate surface area is 306 Å². The van der Waals surface area contributed by atoms with Gasteiger partial charge in [0, 0.05) is 0 Å². The summed E-state index contributed by atoms with van der Waals surface area (Å²) in [5, 5.41) is 12.8. The van der Waals surface area contributed by atoms with Crippen LogP contribution in [-0.2, 0) is 0 Å². The Morgan fingerprint density at radius 3 is 2.04 bits per heavy atom. The van der Waals surface area contributed by atoms with Gasteiger partial charge in [0.1, 0.15) is 0 Å². The second-order valence-corrected chi connectivity index (χ2v) is 14.3. The lowest BCUT2D eigenvalue weighted by Crippen LogP contribution is -1.96. The maximum atomic E-state index is 2.46. The minimum absolute atomic E-state index is 0.571. The Balaban J connectivity index is 1.34. The van der Waals surface area contributed by atoms with Crippen molar-refractivity contribution in [3.63, 3.8) is 0 Å². The summed E-state index contributed by atoms with van der Waals surface area (Å²) in [6, 6.07) is 50.4. The standard InChI is InChI=1S/C52H42/c1-4-6-12-35(5-2)36-23-26-39(27-24-36)51-44-16-9-10-17-45(44)52(50-31-40(29-30-47(50)51)37-21-19-34(3)20-22-37)46-18-11-14-41-32-48-42(33-49(41)46)28-25-38-13-7-8-15-43(38)48/h5-19,21-34H,4,20H2,1-3H3. The summed E-state index contributed by atoms with van der Waals surface area (Å²) in [4.78, 5) is 0. The molecule has 8 aromatic carbocycles. The van der Waals surface area contributed by atoms with Crippen LogP contribution in [0.25, 0.3) is 87.3 Å². The second kappa shape index (κ2) is 13.3. The minimum atomic E-state index is 0.571. The van der Waals surface area contributed by atoms with Crippen LogP contribution in [0, 0.1) is 5.92 Å². The van der Waals surface area contributed by atoms with Crippen LogP contribution in [0.2, 0.25) is 0 Å². The third-order valence-corrected chi connectivity index (χ3v) is 11.0. The molecular formula is C52H42. The molecule has 0 aliphatic heterocycles. The van der Waals surface area contributed by atoms with Crippen molar-refractivity contribution < 1.29 is 0 Å². The van der Waals surface area contributed by atoms with Crippen LogP contribution >= 0.6 is 0 Å². The van der Waals surface area contributed by atoms with Crippen LogP contribution in [0.3, 0.4) is 0 Å². The van der Waals surface area contributed by atoms with Gasteiger partial charge >= 0.3 is 0 Å². The van der Waals surface area contributed by atoms with Crippen molar-refractivity contribution in [3.8, 4) is 22.3 Å². The molecule has 0 heterocycles. The highest BCUT2D eigenvalue weighted by Crippen LogP contribution is 2.47. The van der Waals surface area contributed by atoms with Crippen molar-refractivity contribution in [1.29, 1.82) is 0 Å². The molecule has 0 nitrogen and oxygen atoms in total. The van der Waals surface area contributed by atoms with Crippen molar-refractivity contribution in [1.82, 2.24) is 0 Å². The number of allylic oxidation sites excluding steroid dienone is 8. The maximum absolute atomic E-state index is 2.46. The van der Waals surface area contributed by atoms with E-state index in [4.69, 9.17) is 0 Å². The first-order chi connectivity index (χ1) is 25.6. The molecule has 8 aromatic rings. The van der Waals surface area contributed by atoms with Crippen molar-refractivity contribution in [2.24, 2.45) is 5.92 Å². The van der Waals surface area contributed by atoms with E-state index in [1.807, 2.05) is 0 Å². The van der Waals surface area contributed by atoms with Gasteiger partial charge in [-0.2, -0.15) is 0 Å². The van der Waals surface area contributed by atoms with E-state index in [1.165, 1.54) is 98.4 Å². The van der Waals surface area contributed by atoms with E-state index in [0.717, 1.165) is 12.8 Å². The quantitative estimate of drug-likeness (QED) is 0.0941. The monoisotopic (exact) mass is 666 g/mol. The van der Waals surface area contributed by atoms with Crippen LogP contribution in [0.1, 0.15) is 44.7 Å². The number of hydrogen-bond donors (Lipinski definition) is 0. The highest BCUT2D eigenvalue weighted by Gasteiger charge is 2.20. The molecule has 0 radical (unpaired) electrons. The van der Waals surface area contributed by atoms with Crippen LogP contribution in [0.4, 0.5) is 0 Å². The molecule has 0 saturated heterocycles. The predicted molar refractivity (Wildman–Crippen MR) is 229 cm³/mol. The van der Waals surface area contributed by atoms with Crippen molar-refractivity contribution >= 4 is 65.0 Å². The summed E-state index contributed by atoms with van der Waals surface area (Å²) in [5.41, 5.74) is 10.2. The number of hydrogen-bond acceptors (Lipinski definition) is 0. The average molecular weight is 667 g/mol. The largest absolute Gasteiger partial charge is 0.0842 e. The predicted octanol–water partition coefficient (Wildman–Crippen LogP) is 15.1. The van der Waals surface area contributed by atoms with Crippen LogP contribution in [-0.4, -0.2) is 0 Å². The lowest BCUT2D eigenvalue weighted by Gasteiger charge is -2.21. The SMILES string of the molecule is CC=C(C=CCC)c1ccc(-c2c3ccccc3c(-c3cccc4cc5c(ccc6ccccc65)cc34)c3cc(C4=CCC(C)C=C4)ccc23)cc1. The zero-order valence-corrected chi connectivity index (χ0v) is 30.2. The smallest absolute Gasteiger partial charge is 0.00199 e. The van der Waals surface area contributed by atoms with Gasteiger partial charge in [-0.1, -0.05) is 166 Å². The fourth-order valence-corrected chi connectivity index (χ4v) is 8.33. The number of fused-ring (bicyclic) bond motifs is 6. The molecule has 1 unspecified atom stereocenters. The van der Waals surface area contributed by atoms with Gasteiger partial charge in [0.2, 0.25) is 0 Å². The molecule has 0 fully saturated rings. The van der Waals surface area contributed by atoms with E-state index in [2.05, 4.69) is 191 Å². The summed E-state index contributed by atoms with van der Waals surface area (Å²) in [6.45, 7) is 6.59. The first kappa shape index (κ1) is 32.0. The first-order valence-electron chi connectivity index (χ1n) is 18.8. The Hall–Kier alpha value is -5.98. The lowest BCUT2D eigenvalue weighted by atomic mass is 9.83. The number of rotatable bonds is 6. The van der Waals surface area contributed by atoms with E-state index in [0.29, 0.717) is 5.92 Å². The van der Waals surface area contributed by atoms with E-state index < -0.39 is 0 Å².